The minimum absolute atomic E-state index is 0.0314. The first kappa shape index (κ1) is 18.4. The zero-order chi connectivity index (χ0) is 17.9. The van der Waals surface area contributed by atoms with Gasteiger partial charge in [0.1, 0.15) is 4.21 Å². The predicted octanol–water partition coefficient (Wildman–Crippen LogP) is 2.76. The van der Waals surface area contributed by atoms with Crippen LogP contribution in [0.2, 0.25) is 0 Å². The number of thioether (sulfide) groups is 1. The van der Waals surface area contributed by atoms with Crippen molar-refractivity contribution in [3.8, 4) is 0 Å². The Hall–Kier alpha value is -1.35. The summed E-state index contributed by atoms with van der Waals surface area (Å²) in [7, 11) is -3.44. The molecule has 134 valence electrons. The van der Waals surface area contributed by atoms with E-state index in [9.17, 15) is 13.2 Å². The van der Waals surface area contributed by atoms with Crippen molar-refractivity contribution in [3.63, 3.8) is 0 Å². The van der Waals surface area contributed by atoms with Crippen molar-refractivity contribution in [2.75, 3.05) is 32.4 Å². The van der Waals surface area contributed by atoms with Crippen LogP contribution in [0.15, 0.2) is 46.0 Å². The van der Waals surface area contributed by atoms with Crippen LogP contribution in [-0.2, 0) is 15.8 Å². The molecule has 0 radical (unpaired) electrons. The van der Waals surface area contributed by atoms with Gasteiger partial charge in [-0.05, 0) is 35.4 Å². The highest BCUT2D eigenvalue weighted by Gasteiger charge is 2.30. The Labute approximate surface area is 156 Å². The summed E-state index contributed by atoms with van der Waals surface area (Å²) < 4.78 is 26.9. The molecule has 1 aromatic carbocycles. The molecule has 1 amide bonds. The highest BCUT2D eigenvalue weighted by Crippen LogP contribution is 2.22. The molecule has 1 aliphatic heterocycles. The van der Waals surface area contributed by atoms with Gasteiger partial charge in [-0.1, -0.05) is 18.2 Å². The summed E-state index contributed by atoms with van der Waals surface area (Å²) in [5, 5.41) is 1.76. The lowest BCUT2D eigenvalue weighted by molar-refractivity contribution is 0.0698. The fourth-order valence-corrected chi connectivity index (χ4v) is 5.89. The average molecular weight is 397 g/mol. The van der Waals surface area contributed by atoms with Gasteiger partial charge in [0.25, 0.3) is 15.9 Å². The number of piperazine rings is 1. The van der Waals surface area contributed by atoms with Crippen molar-refractivity contribution in [1.82, 2.24) is 9.21 Å². The number of nitrogens with zero attached hydrogens (tertiary/aromatic N) is 2. The summed E-state index contributed by atoms with van der Waals surface area (Å²) in [5.41, 5.74) is 1.79. The largest absolute Gasteiger partial charge is 0.336 e. The molecule has 0 unspecified atom stereocenters. The number of thiophene rings is 1. The molecular formula is C17H20N2O3S3. The zero-order valence-electron chi connectivity index (χ0n) is 13.9. The summed E-state index contributed by atoms with van der Waals surface area (Å²) in [4.78, 5) is 14.4. The van der Waals surface area contributed by atoms with Crippen molar-refractivity contribution in [2.24, 2.45) is 0 Å². The second-order valence-corrected chi connectivity index (χ2v) is 9.74. The van der Waals surface area contributed by atoms with Gasteiger partial charge in [0.2, 0.25) is 0 Å². The third-order valence-electron chi connectivity index (χ3n) is 4.10. The normalized spacial score (nSPS) is 16.1. The van der Waals surface area contributed by atoms with E-state index in [0.717, 1.165) is 11.3 Å². The first-order valence-electron chi connectivity index (χ1n) is 7.93. The summed E-state index contributed by atoms with van der Waals surface area (Å²) >= 11 is 2.94. The van der Waals surface area contributed by atoms with E-state index in [4.69, 9.17) is 0 Å². The maximum Gasteiger partial charge on any atom is 0.253 e. The third kappa shape index (κ3) is 4.08. The molecule has 5 nitrogen and oxygen atoms in total. The number of hydrogen-bond donors (Lipinski definition) is 0. The second kappa shape index (κ2) is 7.90. The van der Waals surface area contributed by atoms with E-state index in [1.54, 1.807) is 34.2 Å². The molecule has 0 atom stereocenters. The molecule has 8 heteroatoms. The third-order valence-corrected chi connectivity index (χ3v) is 7.99. The van der Waals surface area contributed by atoms with Crippen LogP contribution < -0.4 is 0 Å². The van der Waals surface area contributed by atoms with Gasteiger partial charge < -0.3 is 4.90 Å². The molecule has 1 aromatic heterocycles. The summed E-state index contributed by atoms with van der Waals surface area (Å²) in [6.45, 7) is 1.49. The monoisotopic (exact) mass is 396 g/mol. The molecule has 0 N–H and O–H groups in total. The van der Waals surface area contributed by atoms with E-state index in [0.29, 0.717) is 36.0 Å². The quantitative estimate of drug-likeness (QED) is 0.780. The molecule has 0 aliphatic carbocycles. The lowest BCUT2D eigenvalue weighted by Gasteiger charge is -2.33. The van der Waals surface area contributed by atoms with Crippen LogP contribution >= 0.6 is 23.1 Å². The summed E-state index contributed by atoms with van der Waals surface area (Å²) in [6.07, 6.45) is 2.03. The molecule has 2 aromatic rings. The number of sulfonamides is 1. The molecule has 0 saturated carbocycles. The number of hydrogen-bond acceptors (Lipinski definition) is 5. The lowest BCUT2D eigenvalue weighted by atomic mass is 10.1. The van der Waals surface area contributed by atoms with Crippen LogP contribution in [-0.4, -0.2) is 56.0 Å². The number of rotatable bonds is 5. The zero-order valence-corrected chi connectivity index (χ0v) is 16.4. The smallest absolute Gasteiger partial charge is 0.253 e. The Kier molecular flexibility index (Phi) is 5.83. The Morgan fingerprint density at radius 1 is 1.16 bits per heavy atom. The van der Waals surface area contributed by atoms with E-state index >= 15 is 0 Å². The minimum atomic E-state index is -3.44. The highest BCUT2D eigenvalue weighted by molar-refractivity contribution is 7.97. The first-order chi connectivity index (χ1) is 12.0. The number of carbonyl (C=O) groups is 1. The Morgan fingerprint density at radius 2 is 1.92 bits per heavy atom. The van der Waals surface area contributed by atoms with E-state index in [1.807, 2.05) is 30.5 Å². The summed E-state index contributed by atoms with van der Waals surface area (Å²) in [5.74, 6) is 0.838. The van der Waals surface area contributed by atoms with Crippen LogP contribution in [0.5, 0.6) is 0 Å². The van der Waals surface area contributed by atoms with Gasteiger partial charge in [0.15, 0.2) is 0 Å². The second-order valence-electron chi connectivity index (χ2n) is 5.76. The van der Waals surface area contributed by atoms with E-state index < -0.39 is 10.0 Å². The van der Waals surface area contributed by atoms with Gasteiger partial charge in [-0.2, -0.15) is 16.1 Å². The molecule has 0 spiro atoms. The molecule has 0 bridgehead atoms. The van der Waals surface area contributed by atoms with Crippen molar-refractivity contribution >= 4 is 39.0 Å². The summed E-state index contributed by atoms with van der Waals surface area (Å²) in [6, 6.07) is 11.0. The van der Waals surface area contributed by atoms with Gasteiger partial charge in [-0.3, -0.25) is 4.79 Å². The highest BCUT2D eigenvalue weighted by atomic mass is 32.2. The number of carbonyl (C=O) groups excluding carboxylic acids is 1. The Bertz CT molecular complexity index is 827. The van der Waals surface area contributed by atoms with E-state index in [1.165, 1.54) is 15.6 Å². The van der Waals surface area contributed by atoms with Crippen molar-refractivity contribution in [1.29, 1.82) is 0 Å². The number of amides is 1. The molecule has 1 saturated heterocycles. The average Bonchev–Trinajstić information content (AvgIpc) is 3.17. The standard InChI is InChI=1S/C17H20N2O3S3/c1-23-13-14-4-2-5-15(12-14)17(20)18-7-9-19(10-8-18)25(21,22)16-6-3-11-24-16/h2-6,11-12H,7-10,13H2,1H3. The minimum Gasteiger partial charge on any atom is -0.336 e. The fraction of sp³-hybridized carbons (Fsp3) is 0.353. The Balaban J connectivity index is 1.66. The number of benzene rings is 1. The van der Waals surface area contributed by atoms with Crippen LogP contribution in [0, 0.1) is 0 Å². The van der Waals surface area contributed by atoms with Gasteiger partial charge in [-0.25, -0.2) is 8.42 Å². The maximum absolute atomic E-state index is 12.7. The van der Waals surface area contributed by atoms with Crippen LogP contribution in [0.3, 0.4) is 0 Å². The van der Waals surface area contributed by atoms with Crippen LogP contribution in [0.25, 0.3) is 0 Å². The molecule has 25 heavy (non-hydrogen) atoms. The topological polar surface area (TPSA) is 57.7 Å². The fourth-order valence-electron chi connectivity index (χ4n) is 2.81. The lowest BCUT2D eigenvalue weighted by Crippen LogP contribution is -2.50. The van der Waals surface area contributed by atoms with Crippen molar-refractivity contribution in [2.45, 2.75) is 9.96 Å². The van der Waals surface area contributed by atoms with Gasteiger partial charge in [-0.15, -0.1) is 11.3 Å². The van der Waals surface area contributed by atoms with Gasteiger partial charge >= 0.3 is 0 Å². The maximum atomic E-state index is 12.7. The first-order valence-corrected chi connectivity index (χ1v) is 11.6. The molecule has 1 aliphatic rings. The molecule has 2 heterocycles. The van der Waals surface area contributed by atoms with Gasteiger partial charge in [0.05, 0.1) is 0 Å². The van der Waals surface area contributed by atoms with Crippen molar-refractivity contribution in [3.05, 3.63) is 52.9 Å². The Morgan fingerprint density at radius 3 is 2.56 bits per heavy atom. The molecule has 1 fully saturated rings. The van der Waals surface area contributed by atoms with Gasteiger partial charge in [0, 0.05) is 37.5 Å². The molecular weight excluding hydrogens is 376 g/mol. The van der Waals surface area contributed by atoms with E-state index in [-0.39, 0.29) is 5.91 Å². The van der Waals surface area contributed by atoms with Crippen LogP contribution in [0.1, 0.15) is 15.9 Å². The van der Waals surface area contributed by atoms with E-state index in [2.05, 4.69) is 0 Å². The van der Waals surface area contributed by atoms with Crippen molar-refractivity contribution < 1.29 is 13.2 Å². The predicted molar refractivity (Wildman–Crippen MR) is 103 cm³/mol. The van der Waals surface area contributed by atoms with Crippen LogP contribution in [0.4, 0.5) is 0 Å². The molecule has 3 rings (SSSR count). The SMILES string of the molecule is CSCc1cccc(C(=O)N2CCN(S(=O)(=O)c3cccs3)CC2)c1.